The fourth-order valence-electron chi connectivity index (χ4n) is 2.13. The summed E-state index contributed by atoms with van der Waals surface area (Å²) in [6.45, 7) is 3.20. The summed E-state index contributed by atoms with van der Waals surface area (Å²) in [5, 5.41) is 2.43. The number of rotatable bonds is 11. The minimum absolute atomic E-state index is 0.0385. The molecule has 11 heteroatoms. The molecule has 0 heterocycles. The number of hydrogen-bond acceptors (Lipinski definition) is 7. The lowest BCUT2D eigenvalue weighted by Crippen LogP contribution is -2.44. The molecule has 0 radical (unpaired) electrons. The van der Waals surface area contributed by atoms with Crippen molar-refractivity contribution in [2.45, 2.75) is 32.9 Å². The molecule has 2 amide bonds. The number of nitrogens with zero attached hydrogens (tertiary/aromatic N) is 1. The van der Waals surface area contributed by atoms with E-state index in [-0.39, 0.29) is 38.6 Å². The quantitative estimate of drug-likeness (QED) is 0.268. The molecule has 1 unspecified atom stereocenters. The number of nitrogens with two attached hydrogens (primary N) is 1. The Kier molecular flexibility index (Phi) is 11.0. The van der Waals surface area contributed by atoms with Crippen LogP contribution in [-0.4, -0.2) is 53.3 Å². The van der Waals surface area contributed by atoms with E-state index >= 15 is 0 Å². The first-order valence-electron chi connectivity index (χ1n) is 9.12. The largest absolute Gasteiger partial charge is 0.464 e. The fraction of sp³-hybridized carbons (Fsp3) is 0.500. The molecule has 0 saturated carbocycles. The Labute approximate surface area is 170 Å². The molecule has 1 rings (SSSR count). The number of carbonyl (C=O) groups is 3. The third-order valence-electron chi connectivity index (χ3n) is 3.89. The molecule has 0 aliphatic carbocycles. The summed E-state index contributed by atoms with van der Waals surface area (Å²) in [5.74, 6) is -1.59. The van der Waals surface area contributed by atoms with Gasteiger partial charge in [-0.25, -0.2) is 4.79 Å². The van der Waals surface area contributed by atoms with E-state index in [4.69, 9.17) is 15.2 Å². The van der Waals surface area contributed by atoms with Crippen LogP contribution in [0.1, 0.15) is 25.8 Å². The van der Waals surface area contributed by atoms with Crippen LogP contribution in [0.25, 0.3) is 0 Å². The molecule has 0 aromatic heterocycles. The van der Waals surface area contributed by atoms with Crippen molar-refractivity contribution in [1.82, 2.24) is 9.99 Å². The lowest BCUT2D eigenvalue weighted by Gasteiger charge is -2.24. The lowest BCUT2D eigenvalue weighted by atomic mass is 10.1. The third-order valence-corrected chi connectivity index (χ3v) is 4.79. The van der Waals surface area contributed by atoms with E-state index in [0.717, 1.165) is 5.56 Å². The first-order chi connectivity index (χ1) is 13.7. The number of carbonyl (C=O) groups excluding carboxylic acids is 3. The molecule has 4 N–H and O–H groups in total. The number of hydrogen-bond donors (Lipinski definition) is 3. The molecular formula is C18H28N3O7P. The van der Waals surface area contributed by atoms with Crippen molar-refractivity contribution in [2.24, 2.45) is 11.7 Å². The van der Waals surface area contributed by atoms with Crippen molar-refractivity contribution in [1.29, 1.82) is 0 Å². The monoisotopic (exact) mass is 429 g/mol. The molecule has 1 aromatic rings. The smallest absolute Gasteiger partial charge is 0.407 e. The highest BCUT2D eigenvalue weighted by molar-refractivity contribution is 7.36. The standard InChI is InChI=1S/C18H28N3O7P/c1-13(2)16(19)17(23)21(29(25)26)10-8-15(22)27-11-9-20-18(24)28-12-14-6-4-3-5-7-14/h3-7,13,16,29H,8-12,19H2,1-2H3,(H,20,24)(H,25,26)/t16-/m0/s1. The zero-order chi connectivity index (χ0) is 21.8. The van der Waals surface area contributed by atoms with Crippen LogP contribution in [0, 0.1) is 5.92 Å². The average Bonchev–Trinajstić information content (AvgIpc) is 2.69. The van der Waals surface area contributed by atoms with Crippen LogP contribution in [0.3, 0.4) is 0 Å². The highest BCUT2D eigenvalue weighted by Crippen LogP contribution is 2.23. The van der Waals surface area contributed by atoms with Crippen LogP contribution in [0.5, 0.6) is 0 Å². The summed E-state index contributed by atoms with van der Waals surface area (Å²) in [7, 11) is -3.34. The van der Waals surface area contributed by atoms with E-state index in [9.17, 15) is 23.8 Å². The maximum atomic E-state index is 12.1. The molecule has 0 aliphatic rings. The Bertz CT molecular complexity index is 700. The number of amides is 2. The highest BCUT2D eigenvalue weighted by atomic mass is 31.1. The number of alkyl carbamates (subject to hydrolysis) is 1. The van der Waals surface area contributed by atoms with Gasteiger partial charge in [0.2, 0.25) is 5.91 Å². The van der Waals surface area contributed by atoms with Gasteiger partial charge in [0.15, 0.2) is 0 Å². The van der Waals surface area contributed by atoms with Crippen LogP contribution < -0.4 is 11.1 Å². The van der Waals surface area contributed by atoms with Gasteiger partial charge in [-0.15, -0.1) is 0 Å². The summed E-state index contributed by atoms with van der Waals surface area (Å²) in [5.41, 5.74) is 6.54. The molecule has 2 atom stereocenters. The van der Waals surface area contributed by atoms with Crippen molar-refractivity contribution in [2.75, 3.05) is 19.7 Å². The predicted molar refractivity (Wildman–Crippen MR) is 106 cm³/mol. The Morgan fingerprint density at radius 1 is 1.21 bits per heavy atom. The van der Waals surface area contributed by atoms with Gasteiger partial charge >= 0.3 is 12.1 Å². The van der Waals surface area contributed by atoms with E-state index in [1.54, 1.807) is 13.8 Å². The van der Waals surface area contributed by atoms with Crippen LogP contribution >= 0.6 is 8.18 Å². The fourth-order valence-corrected chi connectivity index (χ4v) is 2.77. The topological polar surface area (TPSA) is 148 Å². The Morgan fingerprint density at radius 2 is 1.86 bits per heavy atom. The Morgan fingerprint density at radius 3 is 2.45 bits per heavy atom. The normalized spacial score (nSPS) is 12.7. The van der Waals surface area contributed by atoms with Gasteiger partial charge < -0.3 is 25.4 Å². The molecule has 162 valence electrons. The molecule has 0 aliphatic heterocycles. The average molecular weight is 429 g/mol. The molecule has 10 nitrogen and oxygen atoms in total. The zero-order valence-corrected chi connectivity index (χ0v) is 17.5. The molecule has 29 heavy (non-hydrogen) atoms. The minimum Gasteiger partial charge on any atom is -0.464 e. The Balaban J connectivity index is 2.26. The van der Waals surface area contributed by atoms with Crippen molar-refractivity contribution in [3.63, 3.8) is 0 Å². The summed E-state index contributed by atoms with van der Waals surface area (Å²) in [6.07, 6.45) is -0.922. The van der Waals surface area contributed by atoms with Crippen LogP contribution in [0.2, 0.25) is 0 Å². The van der Waals surface area contributed by atoms with Gasteiger partial charge in [-0.05, 0) is 11.5 Å². The molecule has 0 fully saturated rings. The van der Waals surface area contributed by atoms with Gasteiger partial charge in [-0.2, -0.15) is 0 Å². The summed E-state index contributed by atoms with van der Waals surface area (Å²) >= 11 is 0. The van der Waals surface area contributed by atoms with Crippen molar-refractivity contribution < 1.29 is 33.3 Å². The number of esters is 1. The molecular weight excluding hydrogens is 401 g/mol. The summed E-state index contributed by atoms with van der Waals surface area (Å²) in [6, 6.07) is 8.21. The number of benzene rings is 1. The summed E-state index contributed by atoms with van der Waals surface area (Å²) in [4.78, 5) is 44.7. The maximum absolute atomic E-state index is 12.1. The highest BCUT2D eigenvalue weighted by Gasteiger charge is 2.26. The van der Waals surface area contributed by atoms with Gasteiger partial charge in [0.1, 0.15) is 13.2 Å². The SMILES string of the molecule is CC(C)[C@H](N)C(=O)N(CCC(=O)OCCNC(=O)OCc1ccccc1)[PH](=O)O. The second-order valence-electron chi connectivity index (χ2n) is 6.50. The van der Waals surface area contributed by atoms with Gasteiger partial charge in [0.05, 0.1) is 19.0 Å². The lowest BCUT2D eigenvalue weighted by molar-refractivity contribution is -0.143. The van der Waals surface area contributed by atoms with E-state index < -0.39 is 32.2 Å². The second kappa shape index (κ2) is 12.9. The van der Waals surface area contributed by atoms with Crippen LogP contribution in [-0.2, 0) is 30.2 Å². The van der Waals surface area contributed by atoms with Crippen LogP contribution in [0.15, 0.2) is 30.3 Å². The van der Waals surface area contributed by atoms with E-state index in [1.165, 1.54) is 0 Å². The molecule has 1 aromatic carbocycles. The predicted octanol–water partition coefficient (Wildman–Crippen LogP) is 1.04. The van der Waals surface area contributed by atoms with Crippen molar-refractivity contribution >= 4 is 26.1 Å². The summed E-state index contributed by atoms with van der Waals surface area (Å²) < 4.78 is 22.0. The molecule has 0 saturated heterocycles. The maximum Gasteiger partial charge on any atom is 0.407 e. The van der Waals surface area contributed by atoms with Crippen LogP contribution in [0.4, 0.5) is 4.79 Å². The number of ether oxygens (including phenoxy) is 2. The number of nitrogens with one attached hydrogen (secondary N) is 1. The third kappa shape index (κ3) is 9.56. The Hall–Kier alpha value is -2.42. The second-order valence-corrected chi connectivity index (χ2v) is 7.61. The molecule has 0 spiro atoms. The van der Waals surface area contributed by atoms with Gasteiger partial charge in [-0.3, -0.25) is 18.8 Å². The molecule has 0 bridgehead atoms. The van der Waals surface area contributed by atoms with Gasteiger partial charge in [0, 0.05) is 6.54 Å². The first kappa shape index (κ1) is 24.6. The minimum atomic E-state index is -3.34. The van der Waals surface area contributed by atoms with E-state index in [1.807, 2.05) is 30.3 Å². The van der Waals surface area contributed by atoms with Gasteiger partial charge in [-0.1, -0.05) is 44.2 Å². The van der Waals surface area contributed by atoms with Gasteiger partial charge in [0.25, 0.3) is 8.18 Å². The first-order valence-corrected chi connectivity index (χ1v) is 10.4. The van der Waals surface area contributed by atoms with E-state index in [0.29, 0.717) is 4.67 Å². The zero-order valence-electron chi connectivity index (χ0n) is 16.5. The van der Waals surface area contributed by atoms with Crippen molar-refractivity contribution in [3.8, 4) is 0 Å². The van der Waals surface area contributed by atoms with Crippen molar-refractivity contribution in [3.05, 3.63) is 35.9 Å². The van der Waals surface area contributed by atoms with E-state index in [2.05, 4.69) is 5.32 Å².